The molecule has 5 rings (SSSR count). The van der Waals surface area contributed by atoms with Gasteiger partial charge in [0.1, 0.15) is 6.61 Å². The lowest BCUT2D eigenvalue weighted by atomic mass is 9.87. The molecule has 0 saturated heterocycles. The zero-order valence-electron chi connectivity index (χ0n) is 29.6. The third-order valence-electron chi connectivity index (χ3n) is 8.59. The SMILES string of the molecule is COCCN(C)c1cnc(CN2C(=O)c3cccc(c3)S(=O)(=O)Nc3nc(cc(-c4c(C)cccc4C)n3)OC[C@H]2CC(C)(C)C)c(C)c1. The molecule has 1 aliphatic rings. The van der Waals surface area contributed by atoms with Crippen LogP contribution in [0, 0.1) is 26.2 Å². The molecule has 11 nitrogen and oxygen atoms in total. The number of nitrogens with zero attached hydrogens (tertiary/aromatic N) is 5. The summed E-state index contributed by atoms with van der Waals surface area (Å²) in [6.45, 7) is 13.9. The highest BCUT2D eigenvalue weighted by molar-refractivity contribution is 7.92. The number of rotatable bonds is 8. The van der Waals surface area contributed by atoms with Gasteiger partial charge < -0.3 is 19.3 Å². The highest BCUT2D eigenvalue weighted by atomic mass is 32.2. The second-order valence-electron chi connectivity index (χ2n) is 13.8. The maximum Gasteiger partial charge on any atom is 0.264 e. The standard InChI is InChI=1S/C37H46N6O5S/c1-24-11-9-12-25(2)34(24)31-19-33-40-36(39-31)41-49(45,46)30-14-10-13-27(18-30)35(44)43(29(23-48-33)20-37(4,5)6)22-32-26(3)17-28(21-38-32)42(7)15-16-47-8/h9-14,17-19,21,29H,15-16,20,22-23H2,1-8H3,(H,39,40,41)/t29-/m1/s1. The first-order valence-corrected chi connectivity index (χ1v) is 17.8. The van der Waals surface area contributed by atoms with Gasteiger partial charge in [-0.3, -0.25) is 9.78 Å². The van der Waals surface area contributed by atoms with E-state index in [0.717, 1.165) is 33.6 Å². The Kier molecular flexibility index (Phi) is 10.6. The van der Waals surface area contributed by atoms with Gasteiger partial charge in [-0.05, 0) is 73.6 Å². The van der Waals surface area contributed by atoms with E-state index in [0.29, 0.717) is 25.3 Å². The number of hydrogen-bond acceptors (Lipinski definition) is 9. The number of methoxy groups -OCH3 is 1. The number of likely N-dealkylation sites (N-methyl/N-ethyl adjacent to an activating group) is 1. The maximum absolute atomic E-state index is 14.5. The average Bonchev–Trinajstić information content (AvgIpc) is 3.03. The summed E-state index contributed by atoms with van der Waals surface area (Å²) in [7, 11) is -0.523. The second-order valence-corrected chi connectivity index (χ2v) is 15.5. The summed E-state index contributed by atoms with van der Waals surface area (Å²) in [6.07, 6.45) is 2.39. The van der Waals surface area contributed by atoms with Crippen molar-refractivity contribution in [2.24, 2.45) is 5.41 Å². The van der Waals surface area contributed by atoms with Crippen LogP contribution in [0.2, 0.25) is 0 Å². The summed E-state index contributed by atoms with van der Waals surface area (Å²) >= 11 is 0. The number of carbonyl (C=O) groups excluding carboxylic acids is 1. The van der Waals surface area contributed by atoms with Gasteiger partial charge in [0.15, 0.2) is 0 Å². The number of hydrogen-bond donors (Lipinski definition) is 1. The topological polar surface area (TPSA) is 127 Å². The summed E-state index contributed by atoms with van der Waals surface area (Å²) < 4.78 is 41.6. The molecule has 1 N–H and O–H groups in total. The van der Waals surface area contributed by atoms with Crippen LogP contribution in [0.15, 0.2) is 65.7 Å². The lowest BCUT2D eigenvalue weighted by molar-refractivity contribution is 0.0509. The number of benzene rings is 2. The average molecular weight is 687 g/mol. The van der Waals surface area contributed by atoms with Crippen LogP contribution < -0.4 is 14.4 Å². The quantitative estimate of drug-likeness (QED) is 0.231. The molecule has 1 atom stereocenters. The van der Waals surface area contributed by atoms with Gasteiger partial charge in [-0.25, -0.2) is 18.1 Å². The molecule has 1 aliphatic heterocycles. The fourth-order valence-electron chi connectivity index (χ4n) is 6.03. The van der Waals surface area contributed by atoms with E-state index in [1.54, 1.807) is 36.4 Å². The number of anilines is 2. The van der Waals surface area contributed by atoms with Crippen LogP contribution in [-0.2, 0) is 21.3 Å². The van der Waals surface area contributed by atoms with Crippen molar-refractivity contribution in [1.82, 2.24) is 19.9 Å². The minimum atomic E-state index is -4.17. The van der Waals surface area contributed by atoms with Crippen molar-refractivity contribution in [3.63, 3.8) is 0 Å². The van der Waals surface area contributed by atoms with Crippen LogP contribution in [0.4, 0.5) is 11.6 Å². The smallest absolute Gasteiger partial charge is 0.264 e. The van der Waals surface area contributed by atoms with E-state index < -0.39 is 16.1 Å². The van der Waals surface area contributed by atoms with Crippen LogP contribution in [0.3, 0.4) is 0 Å². The van der Waals surface area contributed by atoms with Gasteiger partial charge in [0.05, 0.1) is 47.4 Å². The molecule has 260 valence electrons. The molecule has 0 fully saturated rings. The molecule has 4 aromatic rings. The molecule has 4 bridgehead atoms. The summed E-state index contributed by atoms with van der Waals surface area (Å²) in [5.41, 5.74) is 5.98. The first-order valence-electron chi connectivity index (χ1n) is 16.3. The van der Waals surface area contributed by atoms with Crippen LogP contribution in [0.1, 0.15) is 59.9 Å². The minimum Gasteiger partial charge on any atom is -0.475 e. The van der Waals surface area contributed by atoms with Crippen LogP contribution in [0.5, 0.6) is 5.88 Å². The van der Waals surface area contributed by atoms with Crippen molar-refractivity contribution in [2.75, 3.05) is 43.5 Å². The van der Waals surface area contributed by atoms with Crippen LogP contribution >= 0.6 is 0 Å². The second kappa shape index (κ2) is 14.5. The molecule has 49 heavy (non-hydrogen) atoms. The van der Waals surface area contributed by atoms with E-state index in [2.05, 4.69) is 46.4 Å². The fraction of sp³-hybridized carbons (Fsp3) is 0.405. The predicted octanol–water partition coefficient (Wildman–Crippen LogP) is 6.19. The van der Waals surface area contributed by atoms with Gasteiger partial charge in [0, 0.05) is 37.9 Å². The van der Waals surface area contributed by atoms with Crippen molar-refractivity contribution < 1.29 is 22.7 Å². The third-order valence-corrected chi connectivity index (χ3v) is 9.92. The normalized spacial score (nSPS) is 16.1. The maximum atomic E-state index is 14.5. The number of nitrogens with one attached hydrogen (secondary N) is 1. The number of aryl methyl sites for hydroxylation is 3. The van der Waals surface area contributed by atoms with Crippen molar-refractivity contribution in [3.8, 4) is 17.1 Å². The van der Waals surface area contributed by atoms with Gasteiger partial charge in [0.2, 0.25) is 11.8 Å². The summed E-state index contributed by atoms with van der Waals surface area (Å²) in [4.78, 5) is 32.1. The van der Waals surface area contributed by atoms with E-state index in [4.69, 9.17) is 14.5 Å². The lowest BCUT2D eigenvalue weighted by Gasteiger charge is -2.36. The molecular formula is C37H46N6O5S. The van der Waals surface area contributed by atoms with Crippen molar-refractivity contribution >= 4 is 27.6 Å². The molecule has 0 radical (unpaired) electrons. The molecule has 1 amide bonds. The molecule has 0 unspecified atom stereocenters. The Balaban J connectivity index is 1.63. The highest BCUT2D eigenvalue weighted by Gasteiger charge is 2.32. The van der Waals surface area contributed by atoms with Crippen molar-refractivity contribution in [2.45, 2.75) is 65.4 Å². The number of carbonyl (C=O) groups is 1. The van der Waals surface area contributed by atoms with E-state index in [1.807, 2.05) is 46.0 Å². The zero-order chi connectivity index (χ0) is 35.5. The van der Waals surface area contributed by atoms with E-state index >= 15 is 0 Å². The molecule has 0 aliphatic carbocycles. The lowest BCUT2D eigenvalue weighted by Crippen LogP contribution is -2.45. The molecule has 2 aromatic carbocycles. The Morgan fingerprint density at radius 1 is 1.02 bits per heavy atom. The van der Waals surface area contributed by atoms with Gasteiger partial charge >= 0.3 is 0 Å². The Hall–Kier alpha value is -4.55. The number of ether oxygens (including phenoxy) is 2. The number of aromatic nitrogens is 3. The summed E-state index contributed by atoms with van der Waals surface area (Å²) in [5, 5.41) is 0. The zero-order valence-corrected chi connectivity index (χ0v) is 30.4. The third kappa shape index (κ3) is 8.55. The Labute approximate surface area is 289 Å². The van der Waals surface area contributed by atoms with E-state index in [1.165, 1.54) is 12.1 Å². The summed E-state index contributed by atoms with van der Waals surface area (Å²) in [5.74, 6) is -0.253. The monoisotopic (exact) mass is 686 g/mol. The van der Waals surface area contributed by atoms with Gasteiger partial charge in [-0.2, -0.15) is 4.98 Å². The predicted molar refractivity (Wildman–Crippen MR) is 192 cm³/mol. The first kappa shape index (κ1) is 35.7. The Bertz CT molecular complexity index is 1920. The Morgan fingerprint density at radius 2 is 1.73 bits per heavy atom. The molecule has 12 heteroatoms. The van der Waals surface area contributed by atoms with E-state index in [-0.39, 0.29) is 46.8 Å². The molecule has 2 aromatic heterocycles. The number of amides is 1. The largest absolute Gasteiger partial charge is 0.475 e. The van der Waals surface area contributed by atoms with Crippen molar-refractivity contribution in [1.29, 1.82) is 0 Å². The van der Waals surface area contributed by atoms with E-state index in [9.17, 15) is 13.2 Å². The van der Waals surface area contributed by atoms with Gasteiger partial charge in [0.25, 0.3) is 15.9 Å². The van der Waals surface area contributed by atoms with Gasteiger partial charge in [-0.15, -0.1) is 0 Å². The number of fused-ring (bicyclic) bond motifs is 4. The summed E-state index contributed by atoms with van der Waals surface area (Å²) in [6, 6.07) is 15.3. The Morgan fingerprint density at radius 3 is 2.41 bits per heavy atom. The van der Waals surface area contributed by atoms with Crippen LogP contribution in [0.25, 0.3) is 11.3 Å². The number of sulfonamides is 1. The van der Waals surface area contributed by atoms with Crippen LogP contribution in [-0.4, -0.2) is 74.1 Å². The minimum absolute atomic E-state index is 0.0776. The number of pyridine rings is 1. The molecule has 3 heterocycles. The molecule has 0 saturated carbocycles. The highest BCUT2D eigenvalue weighted by Crippen LogP contribution is 2.32. The van der Waals surface area contributed by atoms with Gasteiger partial charge in [-0.1, -0.05) is 45.0 Å². The van der Waals surface area contributed by atoms with Crippen molar-refractivity contribution in [3.05, 3.63) is 88.7 Å². The molecule has 0 spiro atoms. The first-order chi connectivity index (χ1) is 23.1. The fourth-order valence-corrected chi connectivity index (χ4v) is 7.02. The molecular weight excluding hydrogens is 641 g/mol.